The first-order valence-corrected chi connectivity index (χ1v) is 9.16. The van der Waals surface area contributed by atoms with Gasteiger partial charge in [0.2, 0.25) is 0 Å². The molecular formula is C14H17N3O2S2. The van der Waals surface area contributed by atoms with Gasteiger partial charge in [0.05, 0.1) is 10.6 Å². The third kappa shape index (κ3) is 3.81. The molecule has 2 aromatic rings. The minimum atomic E-state index is -3.56. The summed E-state index contributed by atoms with van der Waals surface area (Å²) in [5.74, 6) is 0. The van der Waals surface area contributed by atoms with E-state index in [2.05, 4.69) is 15.0 Å². The fraction of sp³-hybridized carbons (Fsp3) is 0.357. The highest BCUT2D eigenvalue weighted by Crippen LogP contribution is 2.21. The lowest BCUT2D eigenvalue weighted by molar-refractivity contribution is 0.601. The van der Waals surface area contributed by atoms with Crippen molar-refractivity contribution in [1.82, 2.24) is 10.3 Å². The number of nitrogens with zero attached hydrogens (tertiary/aromatic N) is 1. The molecule has 5 nitrogen and oxygen atoms in total. The summed E-state index contributed by atoms with van der Waals surface area (Å²) in [5.41, 5.74) is 1.89. The molecule has 0 unspecified atom stereocenters. The Morgan fingerprint density at radius 2 is 2.00 bits per heavy atom. The van der Waals surface area contributed by atoms with E-state index in [1.807, 2.05) is 24.4 Å². The van der Waals surface area contributed by atoms with Crippen molar-refractivity contribution in [3.8, 4) is 0 Å². The van der Waals surface area contributed by atoms with Gasteiger partial charge in [0.1, 0.15) is 0 Å². The topological polar surface area (TPSA) is 71.1 Å². The van der Waals surface area contributed by atoms with Crippen molar-refractivity contribution < 1.29 is 8.42 Å². The van der Waals surface area contributed by atoms with E-state index in [1.165, 1.54) is 24.2 Å². The zero-order valence-electron chi connectivity index (χ0n) is 11.7. The second-order valence-corrected chi connectivity index (χ2v) is 7.74. The molecule has 1 saturated carbocycles. The average molecular weight is 323 g/mol. The second kappa shape index (κ2) is 5.75. The summed E-state index contributed by atoms with van der Waals surface area (Å²) < 4.78 is 27.0. The van der Waals surface area contributed by atoms with E-state index in [9.17, 15) is 8.42 Å². The molecule has 1 aliphatic carbocycles. The van der Waals surface area contributed by atoms with Crippen LogP contribution in [0.25, 0.3) is 0 Å². The Morgan fingerprint density at radius 3 is 2.57 bits per heavy atom. The number of aryl methyl sites for hydroxylation is 1. The van der Waals surface area contributed by atoms with E-state index in [-0.39, 0.29) is 4.90 Å². The third-order valence-electron chi connectivity index (χ3n) is 3.25. The predicted molar refractivity (Wildman–Crippen MR) is 84.0 cm³/mol. The SMILES string of the molecule is Cc1csc(NS(=O)(=O)c2ccc(CNC3CC3)cc2)n1. The molecule has 1 fully saturated rings. The molecule has 112 valence electrons. The van der Waals surface area contributed by atoms with Crippen molar-refractivity contribution in [3.05, 3.63) is 40.9 Å². The Hall–Kier alpha value is -1.44. The van der Waals surface area contributed by atoms with Crippen LogP contribution in [0.3, 0.4) is 0 Å². The van der Waals surface area contributed by atoms with Crippen LogP contribution >= 0.6 is 11.3 Å². The standard InChI is InChI=1S/C14H17N3O2S2/c1-10-9-20-14(16-10)17-21(18,19)13-6-2-11(3-7-13)8-15-12-4-5-12/h2-3,6-7,9,12,15H,4-5,8H2,1H3,(H,16,17). The van der Waals surface area contributed by atoms with E-state index in [4.69, 9.17) is 0 Å². The summed E-state index contributed by atoms with van der Waals surface area (Å²) >= 11 is 1.28. The van der Waals surface area contributed by atoms with Crippen LogP contribution in [-0.2, 0) is 16.6 Å². The van der Waals surface area contributed by atoms with Gasteiger partial charge in [0, 0.05) is 18.0 Å². The normalized spacial score (nSPS) is 15.1. The number of benzene rings is 1. The van der Waals surface area contributed by atoms with Crippen LogP contribution in [0.1, 0.15) is 24.1 Å². The monoisotopic (exact) mass is 323 g/mol. The predicted octanol–water partition coefficient (Wildman–Crippen LogP) is 2.50. The fourth-order valence-corrected chi connectivity index (χ4v) is 3.85. The molecule has 0 saturated heterocycles. The van der Waals surface area contributed by atoms with Crippen molar-refractivity contribution in [1.29, 1.82) is 0 Å². The molecule has 1 aliphatic rings. The highest BCUT2D eigenvalue weighted by Gasteiger charge is 2.20. The molecule has 0 atom stereocenters. The molecule has 7 heteroatoms. The van der Waals surface area contributed by atoms with Gasteiger partial charge in [-0.3, -0.25) is 4.72 Å². The lowest BCUT2D eigenvalue weighted by atomic mass is 10.2. The Kier molecular flexibility index (Phi) is 3.97. The van der Waals surface area contributed by atoms with E-state index in [0.29, 0.717) is 11.2 Å². The van der Waals surface area contributed by atoms with E-state index in [0.717, 1.165) is 17.8 Å². The van der Waals surface area contributed by atoms with Crippen LogP contribution in [0, 0.1) is 6.92 Å². The summed E-state index contributed by atoms with van der Waals surface area (Å²) in [5, 5.41) is 5.61. The summed E-state index contributed by atoms with van der Waals surface area (Å²) in [7, 11) is -3.56. The number of hydrogen-bond acceptors (Lipinski definition) is 5. The first-order chi connectivity index (χ1) is 10.0. The molecule has 1 aromatic carbocycles. The number of sulfonamides is 1. The van der Waals surface area contributed by atoms with E-state index < -0.39 is 10.0 Å². The fourth-order valence-electron chi connectivity index (χ4n) is 1.91. The molecule has 3 rings (SSSR count). The maximum atomic E-state index is 12.2. The molecule has 2 N–H and O–H groups in total. The smallest absolute Gasteiger partial charge is 0.263 e. The lowest BCUT2D eigenvalue weighted by Crippen LogP contribution is -2.16. The number of hydrogen-bond donors (Lipinski definition) is 2. The Balaban J connectivity index is 1.69. The van der Waals surface area contributed by atoms with Crippen LogP contribution in [-0.4, -0.2) is 19.4 Å². The summed E-state index contributed by atoms with van der Waals surface area (Å²) in [6.07, 6.45) is 2.48. The largest absolute Gasteiger partial charge is 0.310 e. The summed E-state index contributed by atoms with van der Waals surface area (Å²) in [6, 6.07) is 7.59. The molecular weight excluding hydrogens is 306 g/mol. The minimum Gasteiger partial charge on any atom is -0.310 e. The van der Waals surface area contributed by atoms with Gasteiger partial charge < -0.3 is 5.32 Å². The van der Waals surface area contributed by atoms with Crippen molar-refractivity contribution in [2.75, 3.05) is 4.72 Å². The second-order valence-electron chi connectivity index (χ2n) is 5.20. The van der Waals surface area contributed by atoms with Crippen molar-refractivity contribution in [2.45, 2.75) is 37.2 Å². The Bertz CT molecular complexity index is 719. The van der Waals surface area contributed by atoms with Crippen LogP contribution < -0.4 is 10.0 Å². The minimum absolute atomic E-state index is 0.255. The van der Waals surface area contributed by atoms with Crippen LogP contribution in [0.2, 0.25) is 0 Å². The first kappa shape index (κ1) is 14.5. The van der Waals surface area contributed by atoms with Crippen LogP contribution in [0.4, 0.5) is 5.13 Å². The van der Waals surface area contributed by atoms with Gasteiger partial charge in [0.15, 0.2) is 5.13 Å². The number of nitrogens with one attached hydrogen (secondary N) is 2. The van der Waals surface area contributed by atoms with Crippen molar-refractivity contribution in [3.63, 3.8) is 0 Å². The third-order valence-corrected chi connectivity index (χ3v) is 5.61. The summed E-state index contributed by atoms with van der Waals surface area (Å²) in [6.45, 7) is 2.61. The van der Waals surface area contributed by atoms with Gasteiger partial charge in [-0.1, -0.05) is 12.1 Å². The van der Waals surface area contributed by atoms with E-state index in [1.54, 1.807) is 12.1 Å². The van der Waals surface area contributed by atoms with Gasteiger partial charge in [-0.2, -0.15) is 0 Å². The number of anilines is 1. The first-order valence-electron chi connectivity index (χ1n) is 6.80. The van der Waals surface area contributed by atoms with Gasteiger partial charge >= 0.3 is 0 Å². The maximum absolute atomic E-state index is 12.2. The molecule has 0 spiro atoms. The quantitative estimate of drug-likeness (QED) is 0.857. The van der Waals surface area contributed by atoms with Gasteiger partial charge in [-0.25, -0.2) is 13.4 Å². The molecule has 0 radical (unpaired) electrons. The lowest BCUT2D eigenvalue weighted by Gasteiger charge is -2.07. The zero-order valence-corrected chi connectivity index (χ0v) is 13.3. The molecule has 0 bridgehead atoms. The van der Waals surface area contributed by atoms with Gasteiger partial charge in [0.25, 0.3) is 10.0 Å². The molecule has 21 heavy (non-hydrogen) atoms. The van der Waals surface area contributed by atoms with Crippen molar-refractivity contribution >= 4 is 26.5 Å². The maximum Gasteiger partial charge on any atom is 0.263 e. The zero-order chi connectivity index (χ0) is 14.9. The number of aromatic nitrogens is 1. The van der Waals surface area contributed by atoms with Crippen LogP contribution in [0.15, 0.2) is 34.5 Å². The van der Waals surface area contributed by atoms with Crippen molar-refractivity contribution in [2.24, 2.45) is 0 Å². The Morgan fingerprint density at radius 1 is 1.29 bits per heavy atom. The molecule has 1 heterocycles. The van der Waals surface area contributed by atoms with Crippen LogP contribution in [0.5, 0.6) is 0 Å². The number of thiazole rings is 1. The Labute approximate surface area is 128 Å². The summed E-state index contributed by atoms with van der Waals surface area (Å²) in [4.78, 5) is 4.37. The van der Waals surface area contributed by atoms with Gasteiger partial charge in [-0.05, 0) is 37.5 Å². The molecule has 0 aliphatic heterocycles. The molecule has 0 amide bonds. The average Bonchev–Trinajstić information content (AvgIpc) is 3.20. The number of rotatable bonds is 6. The van der Waals surface area contributed by atoms with Gasteiger partial charge in [-0.15, -0.1) is 11.3 Å². The molecule has 1 aromatic heterocycles. The highest BCUT2D eigenvalue weighted by atomic mass is 32.2. The highest BCUT2D eigenvalue weighted by molar-refractivity contribution is 7.93. The van der Waals surface area contributed by atoms with E-state index >= 15 is 0 Å².